The highest BCUT2D eigenvalue weighted by Crippen LogP contribution is 2.30. The first-order valence-electron chi connectivity index (χ1n) is 8.84. The molecule has 1 heterocycles. The van der Waals surface area contributed by atoms with Crippen LogP contribution in [0.25, 0.3) is 0 Å². The van der Waals surface area contributed by atoms with E-state index >= 15 is 0 Å². The smallest absolute Gasteiger partial charge is 0.244 e. The summed E-state index contributed by atoms with van der Waals surface area (Å²) in [5, 5.41) is 0. The van der Waals surface area contributed by atoms with E-state index in [-0.39, 0.29) is 23.3 Å². The van der Waals surface area contributed by atoms with Crippen LogP contribution in [0.2, 0.25) is 0 Å². The predicted octanol–water partition coefficient (Wildman–Crippen LogP) is 2.07. The van der Waals surface area contributed by atoms with E-state index in [1.165, 1.54) is 20.0 Å². The van der Waals surface area contributed by atoms with Crippen LogP contribution in [0.15, 0.2) is 23.1 Å². The molecule has 1 saturated heterocycles. The molecular weight excluding hydrogens is 340 g/mol. The van der Waals surface area contributed by atoms with Gasteiger partial charge in [0.2, 0.25) is 15.9 Å². The van der Waals surface area contributed by atoms with Gasteiger partial charge in [-0.05, 0) is 43.4 Å². The minimum absolute atomic E-state index is 0.0266. The molecule has 1 aromatic rings. The molecule has 1 aromatic carbocycles. The van der Waals surface area contributed by atoms with Gasteiger partial charge in [0.25, 0.3) is 0 Å². The van der Waals surface area contributed by atoms with Crippen molar-refractivity contribution in [2.24, 2.45) is 5.92 Å². The summed E-state index contributed by atoms with van der Waals surface area (Å²) in [4.78, 5) is 14.3. The predicted molar refractivity (Wildman–Crippen MR) is 95.0 cm³/mol. The number of nitrogens with zero attached hydrogens (tertiary/aromatic N) is 1. The topological polar surface area (TPSA) is 75.7 Å². The van der Waals surface area contributed by atoms with Gasteiger partial charge >= 0.3 is 0 Å². The molecule has 7 heteroatoms. The van der Waals surface area contributed by atoms with Crippen LogP contribution < -0.4 is 9.46 Å². The molecule has 1 aliphatic heterocycles. The summed E-state index contributed by atoms with van der Waals surface area (Å²) >= 11 is 0. The van der Waals surface area contributed by atoms with E-state index in [2.05, 4.69) is 4.72 Å². The Hall–Kier alpha value is -1.60. The second kappa shape index (κ2) is 7.33. The molecule has 2 aliphatic rings. The van der Waals surface area contributed by atoms with Gasteiger partial charge in [0, 0.05) is 25.6 Å². The highest BCUT2D eigenvalue weighted by atomic mass is 32.2. The largest absolute Gasteiger partial charge is 0.495 e. The van der Waals surface area contributed by atoms with Crippen LogP contribution >= 0.6 is 0 Å². The first-order valence-corrected chi connectivity index (χ1v) is 10.3. The van der Waals surface area contributed by atoms with Crippen LogP contribution in [-0.4, -0.2) is 45.5 Å². The molecule has 1 N–H and O–H groups in total. The summed E-state index contributed by atoms with van der Waals surface area (Å²) in [6, 6.07) is 5.43. The summed E-state index contributed by atoms with van der Waals surface area (Å²) in [7, 11) is -2.21. The van der Waals surface area contributed by atoms with Gasteiger partial charge in [-0.1, -0.05) is 18.9 Å². The molecule has 0 bridgehead atoms. The van der Waals surface area contributed by atoms with Crippen LogP contribution in [0, 0.1) is 12.8 Å². The van der Waals surface area contributed by atoms with E-state index in [4.69, 9.17) is 4.74 Å². The monoisotopic (exact) mass is 366 g/mol. The van der Waals surface area contributed by atoms with Crippen LogP contribution in [0.1, 0.15) is 37.7 Å². The van der Waals surface area contributed by atoms with E-state index in [9.17, 15) is 13.2 Å². The van der Waals surface area contributed by atoms with E-state index in [0.29, 0.717) is 24.8 Å². The minimum atomic E-state index is -3.67. The number of amides is 1. The van der Waals surface area contributed by atoms with Crippen molar-refractivity contribution in [3.63, 3.8) is 0 Å². The lowest BCUT2D eigenvalue weighted by Gasteiger charge is -2.24. The van der Waals surface area contributed by atoms with E-state index in [1.54, 1.807) is 12.1 Å². The molecule has 0 unspecified atom stereocenters. The number of hydrogen-bond donors (Lipinski definition) is 1. The molecule has 1 aliphatic carbocycles. The maximum atomic E-state index is 12.7. The number of hydrogen-bond acceptors (Lipinski definition) is 4. The number of sulfonamides is 1. The minimum Gasteiger partial charge on any atom is -0.495 e. The van der Waals surface area contributed by atoms with Gasteiger partial charge in [0.05, 0.1) is 7.11 Å². The lowest BCUT2D eigenvalue weighted by molar-refractivity contribution is -0.129. The van der Waals surface area contributed by atoms with Crippen LogP contribution in [0.4, 0.5) is 0 Å². The summed E-state index contributed by atoms with van der Waals surface area (Å²) in [6.07, 6.45) is 4.93. The van der Waals surface area contributed by atoms with Gasteiger partial charge < -0.3 is 9.64 Å². The molecule has 0 radical (unpaired) electrons. The molecule has 6 nitrogen and oxygen atoms in total. The summed E-state index contributed by atoms with van der Waals surface area (Å²) in [5.41, 5.74) is 0.852. The van der Waals surface area contributed by atoms with Gasteiger partial charge in [-0.25, -0.2) is 13.1 Å². The third-order valence-electron chi connectivity index (χ3n) is 5.17. The van der Waals surface area contributed by atoms with E-state index < -0.39 is 10.0 Å². The standard InChI is InChI=1S/C18H26N2O4S/c1-13-7-8-16(24-2)17(9-13)25(22,23)19-11-14-10-18(21)20(12-14)15-5-3-4-6-15/h7-9,14-15,19H,3-6,10-12H2,1-2H3/t14-/m0/s1. The van der Waals surface area contributed by atoms with Crippen molar-refractivity contribution in [3.8, 4) is 5.75 Å². The van der Waals surface area contributed by atoms with Gasteiger partial charge in [0.15, 0.2) is 0 Å². The second-order valence-corrected chi connectivity index (χ2v) is 8.80. The second-order valence-electron chi connectivity index (χ2n) is 7.06. The Balaban J connectivity index is 1.65. The van der Waals surface area contributed by atoms with Crippen molar-refractivity contribution in [2.75, 3.05) is 20.2 Å². The Morgan fingerprint density at radius 1 is 1.28 bits per heavy atom. The number of rotatable bonds is 6. The van der Waals surface area contributed by atoms with Crippen molar-refractivity contribution in [3.05, 3.63) is 23.8 Å². The Labute approximate surface area is 149 Å². The van der Waals surface area contributed by atoms with Gasteiger partial charge in [-0.3, -0.25) is 4.79 Å². The summed E-state index contributed by atoms with van der Waals surface area (Å²) in [5.74, 6) is 0.510. The number of aryl methyl sites for hydroxylation is 1. The normalized spacial score (nSPS) is 21.9. The van der Waals surface area contributed by atoms with Crippen LogP contribution in [0.5, 0.6) is 5.75 Å². The zero-order valence-electron chi connectivity index (χ0n) is 14.8. The van der Waals surface area contributed by atoms with Crippen LogP contribution in [0.3, 0.4) is 0 Å². The average molecular weight is 366 g/mol. The molecule has 1 saturated carbocycles. The zero-order chi connectivity index (χ0) is 18.0. The summed E-state index contributed by atoms with van der Waals surface area (Å²) in [6.45, 7) is 2.76. The molecule has 3 rings (SSSR count). The lowest BCUT2D eigenvalue weighted by Crippen LogP contribution is -2.36. The van der Waals surface area contributed by atoms with E-state index in [0.717, 1.165) is 18.4 Å². The first kappa shape index (κ1) is 18.2. The fraction of sp³-hybridized carbons (Fsp3) is 0.611. The van der Waals surface area contributed by atoms with Gasteiger partial charge in [-0.15, -0.1) is 0 Å². The van der Waals surface area contributed by atoms with Crippen molar-refractivity contribution < 1.29 is 17.9 Å². The first-order chi connectivity index (χ1) is 11.9. The maximum absolute atomic E-state index is 12.7. The SMILES string of the molecule is COc1ccc(C)cc1S(=O)(=O)NC[C@@H]1CC(=O)N(C2CCCC2)C1. The van der Waals surface area contributed by atoms with Crippen molar-refractivity contribution in [2.45, 2.75) is 50.0 Å². The Morgan fingerprint density at radius 3 is 2.68 bits per heavy atom. The molecule has 25 heavy (non-hydrogen) atoms. The highest BCUT2D eigenvalue weighted by Gasteiger charge is 2.36. The van der Waals surface area contributed by atoms with Crippen molar-refractivity contribution in [1.29, 1.82) is 0 Å². The molecule has 1 amide bonds. The number of benzene rings is 1. The molecule has 0 spiro atoms. The Bertz CT molecular complexity index is 741. The molecule has 138 valence electrons. The van der Waals surface area contributed by atoms with Crippen molar-refractivity contribution >= 4 is 15.9 Å². The fourth-order valence-corrected chi connectivity index (χ4v) is 5.18. The zero-order valence-corrected chi connectivity index (χ0v) is 15.6. The summed E-state index contributed by atoms with van der Waals surface area (Å²) < 4.78 is 33.1. The molecule has 0 aromatic heterocycles. The molecule has 1 atom stereocenters. The molecule has 2 fully saturated rings. The lowest BCUT2D eigenvalue weighted by atomic mass is 10.1. The number of carbonyl (C=O) groups is 1. The maximum Gasteiger partial charge on any atom is 0.244 e. The number of ether oxygens (including phenoxy) is 1. The Morgan fingerprint density at radius 2 is 2.00 bits per heavy atom. The van der Waals surface area contributed by atoms with E-state index in [1.807, 2.05) is 17.9 Å². The number of nitrogens with one attached hydrogen (secondary N) is 1. The molecular formula is C18H26N2O4S. The third kappa shape index (κ3) is 3.98. The Kier molecular flexibility index (Phi) is 5.34. The van der Waals surface area contributed by atoms with Gasteiger partial charge in [-0.2, -0.15) is 0 Å². The third-order valence-corrected chi connectivity index (χ3v) is 6.62. The highest BCUT2D eigenvalue weighted by molar-refractivity contribution is 7.89. The number of likely N-dealkylation sites (tertiary alicyclic amines) is 1. The quantitative estimate of drug-likeness (QED) is 0.836. The van der Waals surface area contributed by atoms with Crippen molar-refractivity contribution in [1.82, 2.24) is 9.62 Å². The fourth-order valence-electron chi connectivity index (χ4n) is 3.81. The van der Waals surface area contributed by atoms with Crippen LogP contribution in [-0.2, 0) is 14.8 Å². The number of carbonyl (C=O) groups excluding carboxylic acids is 1. The number of methoxy groups -OCH3 is 1. The van der Waals surface area contributed by atoms with Gasteiger partial charge in [0.1, 0.15) is 10.6 Å². The average Bonchev–Trinajstić information content (AvgIpc) is 3.22.